The second-order valence-electron chi connectivity index (χ2n) is 6.74. The van der Waals surface area contributed by atoms with Gasteiger partial charge in [-0.3, -0.25) is 0 Å². The van der Waals surface area contributed by atoms with Crippen molar-refractivity contribution in [2.45, 2.75) is 58.6 Å². The molecule has 3 N–H and O–H groups in total. The van der Waals surface area contributed by atoms with Gasteiger partial charge in [0.05, 0.1) is 6.10 Å². The number of aliphatic hydroxyl groups is 2. The van der Waals surface area contributed by atoms with Crippen LogP contribution in [0.4, 0.5) is 0 Å². The highest BCUT2D eigenvalue weighted by Crippen LogP contribution is 2.23. The Hall–Kier alpha value is -0.160. The van der Waals surface area contributed by atoms with Crippen LogP contribution in [0, 0.1) is 11.8 Å². The highest BCUT2D eigenvalue weighted by atomic mass is 16.3. The van der Waals surface area contributed by atoms with Crippen LogP contribution in [0.15, 0.2) is 0 Å². The predicted octanol–water partition coefficient (Wildman–Crippen LogP) is 1.47. The Balaban J connectivity index is 2.48. The summed E-state index contributed by atoms with van der Waals surface area (Å²) in [5, 5.41) is 22.4. The maximum Gasteiger partial charge on any atom is 0.0540 e. The van der Waals surface area contributed by atoms with Crippen molar-refractivity contribution in [1.82, 2.24) is 10.2 Å². The molecule has 0 aromatic carbocycles. The molecule has 0 aromatic rings. The molecule has 3 unspecified atom stereocenters. The topological polar surface area (TPSA) is 55.7 Å². The second kappa shape index (κ2) is 9.72. The minimum absolute atomic E-state index is 0.155. The normalized spacial score (nSPS) is 26.1. The van der Waals surface area contributed by atoms with Crippen molar-refractivity contribution in [3.8, 4) is 0 Å². The molecule has 4 heteroatoms. The first kappa shape index (κ1) is 17.9. The molecule has 0 saturated carbocycles. The van der Waals surface area contributed by atoms with Gasteiger partial charge >= 0.3 is 0 Å². The Labute approximate surface area is 124 Å². The molecule has 4 nitrogen and oxygen atoms in total. The lowest BCUT2D eigenvalue weighted by molar-refractivity contribution is 0.0782. The average molecular weight is 286 g/mol. The highest BCUT2D eigenvalue weighted by molar-refractivity contribution is 4.85. The van der Waals surface area contributed by atoms with Gasteiger partial charge in [0.1, 0.15) is 0 Å². The van der Waals surface area contributed by atoms with Crippen molar-refractivity contribution in [2.24, 2.45) is 11.8 Å². The molecule has 0 spiro atoms. The molecule has 1 aliphatic rings. The van der Waals surface area contributed by atoms with E-state index < -0.39 is 0 Å². The second-order valence-corrected chi connectivity index (χ2v) is 6.74. The van der Waals surface area contributed by atoms with Crippen molar-refractivity contribution in [2.75, 3.05) is 32.8 Å². The largest absolute Gasteiger partial charge is 0.396 e. The van der Waals surface area contributed by atoms with Crippen LogP contribution in [-0.2, 0) is 0 Å². The first-order valence-corrected chi connectivity index (χ1v) is 8.29. The van der Waals surface area contributed by atoms with Gasteiger partial charge < -0.3 is 20.4 Å². The van der Waals surface area contributed by atoms with E-state index in [-0.39, 0.29) is 12.7 Å². The molecule has 3 atom stereocenters. The summed E-state index contributed by atoms with van der Waals surface area (Å²) in [7, 11) is 0. The van der Waals surface area contributed by atoms with E-state index in [1.54, 1.807) is 0 Å². The van der Waals surface area contributed by atoms with Crippen LogP contribution in [0.2, 0.25) is 0 Å². The molecule has 1 saturated heterocycles. The molecule has 0 aromatic heterocycles. The molecule has 120 valence electrons. The van der Waals surface area contributed by atoms with E-state index in [0.717, 1.165) is 51.9 Å². The minimum Gasteiger partial charge on any atom is -0.396 e. The molecule has 0 bridgehead atoms. The fourth-order valence-corrected chi connectivity index (χ4v) is 3.22. The highest BCUT2D eigenvalue weighted by Gasteiger charge is 2.28. The van der Waals surface area contributed by atoms with Crippen LogP contribution in [0.1, 0.15) is 46.5 Å². The zero-order chi connectivity index (χ0) is 15.0. The van der Waals surface area contributed by atoms with E-state index in [4.69, 9.17) is 5.11 Å². The summed E-state index contributed by atoms with van der Waals surface area (Å²) in [5.41, 5.74) is 0. The van der Waals surface area contributed by atoms with Crippen molar-refractivity contribution in [1.29, 1.82) is 0 Å². The van der Waals surface area contributed by atoms with E-state index in [2.05, 4.69) is 31.0 Å². The first-order valence-electron chi connectivity index (χ1n) is 8.29. The van der Waals surface area contributed by atoms with Crippen LogP contribution in [-0.4, -0.2) is 60.0 Å². The fourth-order valence-electron chi connectivity index (χ4n) is 3.22. The zero-order valence-electron chi connectivity index (χ0n) is 13.5. The van der Waals surface area contributed by atoms with E-state index in [0.29, 0.717) is 17.9 Å². The maximum absolute atomic E-state index is 9.91. The molecule has 1 fully saturated rings. The molecule has 0 amide bonds. The van der Waals surface area contributed by atoms with E-state index in [1.807, 2.05) is 0 Å². The Morgan fingerprint density at radius 1 is 1.30 bits per heavy atom. The van der Waals surface area contributed by atoms with Gasteiger partial charge in [0.2, 0.25) is 0 Å². The summed E-state index contributed by atoms with van der Waals surface area (Å²) in [4.78, 5) is 2.54. The van der Waals surface area contributed by atoms with Gasteiger partial charge in [-0.15, -0.1) is 0 Å². The van der Waals surface area contributed by atoms with Gasteiger partial charge in [0, 0.05) is 32.3 Å². The zero-order valence-corrected chi connectivity index (χ0v) is 13.5. The van der Waals surface area contributed by atoms with E-state index >= 15 is 0 Å². The summed E-state index contributed by atoms with van der Waals surface area (Å²) in [6, 6.07) is 0.503. The Bertz CT molecular complexity index is 249. The molecular formula is C16H34N2O2. The van der Waals surface area contributed by atoms with Crippen molar-refractivity contribution < 1.29 is 10.2 Å². The number of aliphatic hydroxyl groups excluding tert-OH is 2. The third-order valence-electron chi connectivity index (χ3n) is 4.08. The molecule has 0 aliphatic carbocycles. The van der Waals surface area contributed by atoms with Crippen molar-refractivity contribution in [3.63, 3.8) is 0 Å². The molecular weight excluding hydrogens is 252 g/mol. The standard InChI is InChI=1S/C16H34N2O2/c1-4-16(20)9-14-8-15(17-6-5-7-19)12-18(11-14)10-13(2)3/h13-17,19-20H,4-12H2,1-3H3. The van der Waals surface area contributed by atoms with Crippen LogP contribution < -0.4 is 5.32 Å². The minimum atomic E-state index is -0.155. The first-order chi connectivity index (χ1) is 9.55. The number of likely N-dealkylation sites (tertiary alicyclic amines) is 1. The lowest BCUT2D eigenvalue weighted by atomic mass is 9.88. The third-order valence-corrected chi connectivity index (χ3v) is 4.08. The summed E-state index contributed by atoms with van der Waals surface area (Å²) >= 11 is 0. The summed E-state index contributed by atoms with van der Waals surface area (Å²) in [5.74, 6) is 1.27. The van der Waals surface area contributed by atoms with E-state index in [1.165, 1.54) is 0 Å². The Morgan fingerprint density at radius 3 is 2.65 bits per heavy atom. The van der Waals surface area contributed by atoms with Crippen LogP contribution >= 0.6 is 0 Å². The number of hydrogen-bond donors (Lipinski definition) is 3. The number of nitrogens with zero attached hydrogens (tertiary/aromatic N) is 1. The molecule has 1 rings (SSSR count). The SMILES string of the molecule is CCC(O)CC1CC(NCCCO)CN(CC(C)C)C1. The van der Waals surface area contributed by atoms with Crippen LogP contribution in [0.3, 0.4) is 0 Å². The maximum atomic E-state index is 9.91. The Morgan fingerprint density at radius 2 is 2.05 bits per heavy atom. The van der Waals surface area contributed by atoms with Crippen molar-refractivity contribution in [3.05, 3.63) is 0 Å². The Kier molecular flexibility index (Phi) is 8.69. The summed E-state index contributed by atoms with van der Waals surface area (Å²) in [6.07, 6.45) is 3.59. The van der Waals surface area contributed by atoms with Gasteiger partial charge in [0.25, 0.3) is 0 Å². The number of piperidine rings is 1. The molecule has 0 radical (unpaired) electrons. The van der Waals surface area contributed by atoms with Crippen LogP contribution in [0.25, 0.3) is 0 Å². The van der Waals surface area contributed by atoms with Gasteiger partial charge in [-0.1, -0.05) is 20.8 Å². The summed E-state index contributed by atoms with van der Waals surface area (Å²) < 4.78 is 0. The monoisotopic (exact) mass is 286 g/mol. The lowest BCUT2D eigenvalue weighted by Crippen LogP contribution is -2.50. The molecule has 20 heavy (non-hydrogen) atoms. The average Bonchev–Trinajstić information content (AvgIpc) is 2.38. The van der Waals surface area contributed by atoms with Gasteiger partial charge in [-0.25, -0.2) is 0 Å². The van der Waals surface area contributed by atoms with Gasteiger partial charge in [0.15, 0.2) is 0 Å². The van der Waals surface area contributed by atoms with Gasteiger partial charge in [-0.05, 0) is 44.1 Å². The van der Waals surface area contributed by atoms with Gasteiger partial charge in [-0.2, -0.15) is 0 Å². The molecule has 1 heterocycles. The predicted molar refractivity (Wildman–Crippen MR) is 83.8 cm³/mol. The fraction of sp³-hybridized carbons (Fsp3) is 1.00. The number of rotatable bonds is 9. The van der Waals surface area contributed by atoms with Crippen LogP contribution in [0.5, 0.6) is 0 Å². The third kappa shape index (κ3) is 7.02. The lowest BCUT2D eigenvalue weighted by Gasteiger charge is -2.39. The molecule has 1 aliphatic heterocycles. The van der Waals surface area contributed by atoms with E-state index in [9.17, 15) is 5.11 Å². The number of nitrogens with one attached hydrogen (secondary N) is 1. The van der Waals surface area contributed by atoms with Crippen molar-refractivity contribution >= 4 is 0 Å². The smallest absolute Gasteiger partial charge is 0.0540 e. The number of hydrogen-bond acceptors (Lipinski definition) is 4. The summed E-state index contributed by atoms with van der Waals surface area (Å²) in [6.45, 7) is 11.1. The quantitative estimate of drug-likeness (QED) is 0.562.